The molecule has 0 bridgehead atoms. The van der Waals surface area contributed by atoms with Gasteiger partial charge in [-0.05, 0) is 40.9 Å². The van der Waals surface area contributed by atoms with Crippen molar-refractivity contribution < 1.29 is 14.4 Å². The number of anilines is 1. The molecule has 4 amide bonds. The number of imide groups is 2. The van der Waals surface area contributed by atoms with Crippen LogP contribution in [0.4, 0.5) is 10.5 Å². The second-order valence-electron chi connectivity index (χ2n) is 4.91. The van der Waals surface area contributed by atoms with Crippen molar-refractivity contribution >= 4 is 51.1 Å². The molecule has 0 radical (unpaired) electrons. The maximum absolute atomic E-state index is 12.6. The number of urea groups is 1. The third-order valence-electron chi connectivity index (χ3n) is 3.85. The van der Waals surface area contributed by atoms with Gasteiger partial charge in [0.25, 0.3) is 5.91 Å². The van der Waals surface area contributed by atoms with Gasteiger partial charge in [-0.2, -0.15) is 0 Å². The summed E-state index contributed by atoms with van der Waals surface area (Å²) in [5.41, 5.74) is -0.742. The Morgan fingerprint density at radius 1 is 1.25 bits per heavy atom. The van der Waals surface area contributed by atoms with Crippen molar-refractivity contribution in [2.75, 3.05) is 4.90 Å². The zero-order chi connectivity index (χ0) is 14.5. The molecule has 1 aliphatic heterocycles. The molecule has 1 heterocycles. The largest absolute Gasteiger partial charge is 0.335 e. The van der Waals surface area contributed by atoms with E-state index in [1.165, 1.54) is 0 Å². The smallest absolute Gasteiger partial charge is 0.276 e. The minimum atomic E-state index is -1.09. The minimum Gasteiger partial charge on any atom is -0.276 e. The molecule has 1 aromatic rings. The van der Waals surface area contributed by atoms with E-state index >= 15 is 0 Å². The van der Waals surface area contributed by atoms with Crippen LogP contribution in [0.25, 0.3) is 0 Å². The van der Waals surface area contributed by atoms with E-state index in [1.807, 2.05) is 0 Å². The van der Waals surface area contributed by atoms with Gasteiger partial charge in [0.05, 0.1) is 15.2 Å². The Balaban J connectivity index is 2.08. The second-order valence-corrected chi connectivity index (χ2v) is 6.11. The van der Waals surface area contributed by atoms with Crippen LogP contribution in [0.1, 0.15) is 19.3 Å². The van der Waals surface area contributed by atoms with Gasteiger partial charge in [-0.3, -0.25) is 14.9 Å². The molecular formula is C13H10BrClN2O3. The van der Waals surface area contributed by atoms with Gasteiger partial charge >= 0.3 is 6.03 Å². The predicted molar refractivity (Wildman–Crippen MR) is 76.5 cm³/mol. The third-order valence-corrected chi connectivity index (χ3v) is 5.23. The Kier molecular flexibility index (Phi) is 3.10. The first-order valence-electron chi connectivity index (χ1n) is 6.11. The number of barbiturate groups is 1. The van der Waals surface area contributed by atoms with Crippen LogP contribution >= 0.6 is 27.5 Å². The molecule has 1 N–H and O–H groups in total. The molecule has 1 saturated carbocycles. The Bertz CT molecular complexity index is 643. The highest BCUT2D eigenvalue weighted by Gasteiger charge is 2.57. The van der Waals surface area contributed by atoms with E-state index in [9.17, 15) is 14.4 Å². The molecule has 20 heavy (non-hydrogen) atoms. The fraction of sp³-hybridized carbons (Fsp3) is 0.308. The van der Waals surface area contributed by atoms with Gasteiger partial charge in [-0.25, -0.2) is 9.69 Å². The Morgan fingerprint density at radius 2 is 1.95 bits per heavy atom. The summed E-state index contributed by atoms with van der Waals surface area (Å²) in [4.78, 5) is 37.5. The summed E-state index contributed by atoms with van der Waals surface area (Å²) in [7, 11) is 0. The number of rotatable bonds is 1. The quantitative estimate of drug-likeness (QED) is 0.786. The van der Waals surface area contributed by atoms with Gasteiger partial charge in [0, 0.05) is 0 Å². The lowest BCUT2D eigenvalue weighted by molar-refractivity contribution is -0.148. The average Bonchev–Trinajstić information content (AvgIpc) is 2.32. The molecule has 2 fully saturated rings. The lowest BCUT2D eigenvalue weighted by Gasteiger charge is -2.44. The van der Waals surface area contributed by atoms with Crippen molar-refractivity contribution in [1.29, 1.82) is 0 Å². The molecule has 1 aliphatic carbocycles. The number of amides is 4. The summed E-state index contributed by atoms with van der Waals surface area (Å²) in [6, 6.07) is 4.16. The van der Waals surface area contributed by atoms with Gasteiger partial charge in [-0.1, -0.05) is 24.1 Å². The number of carbonyl (C=O) groups excluding carboxylic acids is 3. The molecule has 2 aliphatic rings. The molecule has 104 valence electrons. The van der Waals surface area contributed by atoms with Crippen molar-refractivity contribution in [2.45, 2.75) is 19.3 Å². The van der Waals surface area contributed by atoms with Crippen LogP contribution in [0.3, 0.4) is 0 Å². The minimum absolute atomic E-state index is 0.346. The van der Waals surface area contributed by atoms with Crippen LogP contribution in [-0.4, -0.2) is 17.8 Å². The number of nitrogens with zero attached hydrogens (tertiary/aromatic N) is 1. The second kappa shape index (κ2) is 4.56. The summed E-state index contributed by atoms with van der Waals surface area (Å²) >= 11 is 9.27. The van der Waals surface area contributed by atoms with Gasteiger partial charge in [-0.15, -0.1) is 0 Å². The third kappa shape index (κ3) is 1.71. The molecular weight excluding hydrogens is 348 g/mol. The SMILES string of the molecule is O=C1NC(=O)C2(CCC2)C(=O)N1c1cccc(Cl)c1Br. The highest BCUT2D eigenvalue weighted by atomic mass is 79.9. The van der Waals surface area contributed by atoms with Crippen LogP contribution in [0, 0.1) is 5.41 Å². The van der Waals surface area contributed by atoms with E-state index in [4.69, 9.17) is 11.6 Å². The van der Waals surface area contributed by atoms with Gasteiger partial charge in [0.1, 0.15) is 5.41 Å². The molecule has 0 aromatic heterocycles. The van der Waals surface area contributed by atoms with E-state index in [0.717, 1.165) is 11.3 Å². The van der Waals surface area contributed by atoms with E-state index in [1.54, 1.807) is 18.2 Å². The van der Waals surface area contributed by atoms with Crippen molar-refractivity contribution in [2.24, 2.45) is 5.41 Å². The fourth-order valence-corrected chi connectivity index (χ4v) is 3.14. The van der Waals surface area contributed by atoms with Crippen molar-refractivity contribution in [3.63, 3.8) is 0 Å². The van der Waals surface area contributed by atoms with Gasteiger partial charge in [0.15, 0.2) is 0 Å². The zero-order valence-corrected chi connectivity index (χ0v) is 12.6. The standard InChI is InChI=1S/C13H10BrClN2O3/c14-9-7(15)3-1-4-8(9)17-11(19)13(5-2-6-13)10(18)16-12(17)20/h1,3-4H,2,5-6H2,(H,16,18,20). The highest BCUT2D eigenvalue weighted by Crippen LogP contribution is 2.46. The van der Waals surface area contributed by atoms with Crippen molar-refractivity contribution in [1.82, 2.24) is 5.32 Å². The first kappa shape index (κ1) is 13.6. The maximum Gasteiger partial charge on any atom is 0.335 e. The van der Waals surface area contributed by atoms with Gasteiger partial charge in [0.2, 0.25) is 5.91 Å². The topological polar surface area (TPSA) is 66.5 Å². The van der Waals surface area contributed by atoms with Gasteiger partial charge < -0.3 is 0 Å². The number of hydrogen-bond acceptors (Lipinski definition) is 3. The number of nitrogens with one attached hydrogen (secondary N) is 1. The summed E-state index contributed by atoms with van der Waals surface area (Å²) in [5, 5.41) is 2.65. The van der Waals surface area contributed by atoms with Crippen molar-refractivity contribution in [3.8, 4) is 0 Å². The molecule has 3 rings (SSSR count). The first-order chi connectivity index (χ1) is 9.47. The van der Waals surface area contributed by atoms with Crippen LogP contribution in [0.5, 0.6) is 0 Å². The maximum atomic E-state index is 12.6. The molecule has 1 spiro atoms. The molecule has 1 aromatic carbocycles. The van der Waals surface area contributed by atoms with E-state index < -0.39 is 23.3 Å². The Hall–Kier alpha value is -1.40. The number of carbonyl (C=O) groups is 3. The normalized spacial score (nSPS) is 20.9. The lowest BCUT2D eigenvalue weighted by Crippen LogP contribution is -2.66. The van der Waals surface area contributed by atoms with Crippen LogP contribution in [0.2, 0.25) is 5.02 Å². The van der Waals surface area contributed by atoms with Crippen LogP contribution in [-0.2, 0) is 9.59 Å². The number of benzene rings is 1. The molecule has 7 heteroatoms. The highest BCUT2D eigenvalue weighted by molar-refractivity contribution is 9.10. The van der Waals surface area contributed by atoms with E-state index in [2.05, 4.69) is 21.2 Å². The average molecular weight is 358 g/mol. The fourth-order valence-electron chi connectivity index (χ4n) is 2.53. The van der Waals surface area contributed by atoms with E-state index in [0.29, 0.717) is 28.0 Å². The van der Waals surface area contributed by atoms with Crippen LogP contribution in [0.15, 0.2) is 22.7 Å². The molecule has 0 unspecified atom stereocenters. The Labute approximate surface area is 128 Å². The molecule has 5 nitrogen and oxygen atoms in total. The number of halogens is 2. The van der Waals surface area contributed by atoms with E-state index in [-0.39, 0.29) is 0 Å². The van der Waals surface area contributed by atoms with Crippen LogP contribution < -0.4 is 10.2 Å². The molecule has 0 atom stereocenters. The summed E-state index contributed by atoms with van der Waals surface area (Å²) in [5.74, 6) is -0.964. The monoisotopic (exact) mass is 356 g/mol. The first-order valence-corrected chi connectivity index (χ1v) is 7.28. The lowest BCUT2D eigenvalue weighted by atomic mass is 9.66. The molecule has 1 saturated heterocycles. The number of hydrogen-bond donors (Lipinski definition) is 1. The summed E-state index contributed by atoms with van der Waals surface area (Å²) < 4.78 is 0.453. The summed E-state index contributed by atoms with van der Waals surface area (Å²) in [6.07, 6.45) is 1.75. The predicted octanol–water partition coefficient (Wildman–Crippen LogP) is 2.86. The zero-order valence-electron chi connectivity index (χ0n) is 10.3. The van der Waals surface area contributed by atoms with Crippen molar-refractivity contribution in [3.05, 3.63) is 27.7 Å². The Morgan fingerprint density at radius 3 is 2.55 bits per heavy atom. The summed E-state index contributed by atoms with van der Waals surface area (Å²) in [6.45, 7) is 0.